The number of rotatable bonds is 8. The zero-order chi connectivity index (χ0) is 20.3. The van der Waals surface area contributed by atoms with Gasteiger partial charge in [0.1, 0.15) is 5.52 Å². The Morgan fingerprint density at radius 3 is 2.55 bits per heavy atom. The van der Waals surface area contributed by atoms with Crippen LogP contribution in [0.1, 0.15) is 24.6 Å². The van der Waals surface area contributed by atoms with E-state index in [0.29, 0.717) is 37.6 Å². The van der Waals surface area contributed by atoms with Gasteiger partial charge in [-0.3, -0.25) is 4.55 Å². The number of benzene rings is 2. The SMILES string of the molecule is O=S(=O)(O)CCCC[n+]1c(C=CCc2nc3ccccc3o2)oc2ccccc21. The molecule has 1 N–H and O–H groups in total. The van der Waals surface area contributed by atoms with Crippen LogP contribution in [0, 0.1) is 0 Å². The van der Waals surface area contributed by atoms with Crippen molar-refractivity contribution >= 4 is 38.4 Å². The summed E-state index contributed by atoms with van der Waals surface area (Å²) in [6.45, 7) is 0.578. The van der Waals surface area contributed by atoms with Gasteiger partial charge < -0.3 is 8.83 Å². The van der Waals surface area contributed by atoms with E-state index in [2.05, 4.69) is 4.98 Å². The Labute approximate surface area is 168 Å². The van der Waals surface area contributed by atoms with E-state index >= 15 is 0 Å². The molecule has 0 bridgehead atoms. The van der Waals surface area contributed by atoms with Gasteiger partial charge in [0.2, 0.25) is 5.58 Å². The Morgan fingerprint density at radius 1 is 1.00 bits per heavy atom. The fraction of sp³-hybridized carbons (Fsp3) is 0.238. The van der Waals surface area contributed by atoms with Crippen molar-refractivity contribution < 1.29 is 26.4 Å². The van der Waals surface area contributed by atoms with Crippen LogP contribution in [0.2, 0.25) is 0 Å². The highest BCUT2D eigenvalue weighted by Gasteiger charge is 2.20. The van der Waals surface area contributed by atoms with Crippen LogP contribution in [0.4, 0.5) is 0 Å². The van der Waals surface area contributed by atoms with Gasteiger partial charge in [0.15, 0.2) is 18.0 Å². The van der Waals surface area contributed by atoms with Crippen LogP contribution in [-0.4, -0.2) is 23.7 Å². The molecular formula is C21H21N2O5S+. The fourth-order valence-corrected chi connectivity index (χ4v) is 3.80. The lowest BCUT2D eigenvalue weighted by atomic mass is 10.3. The summed E-state index contributed by atoms with van der Waals surface area (Å²) in [4.78, 5) is 4.46. The second-order valence-electron chi connectivity index (χ2n) is 6.73. The van der Waals surface area contributed by atoms with Gasteiger partial charge in [-0.2, -0.15) is 13.0 Å². The number of para-hydroxylation sites is 4. The lowest BCUT2D eigenvalue weighted by molar-refractivity contribution is -0.678. The van der Waals surface area contributed by atoms with Crippen molar-refractivity contribution in [2.75, 3.05) is 5.75 Å². The van der Waals surface area contributed by atoms with Crippen LogP contribution in [0.3, 0.4) is 0 Å². The van der Waals surface area contributed by atoms with Gasteiger partial charge in [-0.25, -0.2) is 4.98 Å². The Hall–Kier alpha value is -2.97. The summed E-state index contributed by atoms with van der Waals surface area (Å²) in [5, 5.41) is 0. The van der Waals surface area contributed by atoms with Crippen molar-refractivity contribution in [2.24, 2.45) is 0 Å². The van der Waals surface area contributed by atoms with E-state index in [4.69, 9.17) is 13.4 Å². The molecule has 0 spiro atoms. The number of oxazole rings is 2. The molecule has 2 aromatic heterocycles. The number of hydrogen-bond acceptors (Lipinski definition) is 5. The molecule has 0 aliphatic carbocycles. The van der Waals surface area contributed by atoms with Crippen LogP contribution in [0.5, 0.6) is 0 Å². The fourth-order valence-electron chi connectivity index (χ4n) is 3.23. The normalized spacial score (nSPS) is 12.4. The molecule has 4 aromatic rings. The lowest BCUT2D eigenvalue weighted by Gasteiger charge is -1.97. The Kier molecular flexibility index (Phi) is 5.46. The first-order valence-corrected chi connectivity index (χ1v) is 11.0. The maximum absolute atomic E-state index is 10.9. The number of fused-ring (bicyclic) bond motifs is 2. The molecule has 0 atom stereocenters. The number of aryl methyl sites for hydroxylation is 1. The highest BCUT2D eigenvalue weighted by molar-refractivity contribution is 7.85. The highest BCUT2D eigenvalue weighted by atomic mass is 32.2. The number of allylic oxidation sites excluding steroid dienone is 1. The second kappa shape index (κ2) is 8.18. The molecule has 0 radical (unpaired) electrons. The smallest absolute Gasteiger partial charge is 0.373 e. The summed E-state index contributed by atoms with van der Waals surface area (Å²) in [6.07, 6.45) is 5.29. The summed E-state index contributed by atoms with van der Waals surface area (Å²) >= 11 is 0. The molecule has 0 unspecified atom stereocenters. The minimum Gasteiger partial charge on any atom is -0.440 e. The van der Waals surface area contributed by atoms with E-state index in [9.17, 15) is 8.42 Å². The molecule has 0 fully saturated rings. The Balaban J connectivity index is 1.51. The number of unbranched alkanes of at least 4 members (excludes halogenated alkanes) is 1. The summed E-state index contributed by atoms with van der Waals surface area (Å²) in [6, 6.07) is 15.3. The first-order chi connectivity index (χ1) is 14.0. The van der Waals surface area contributed by atoms with E-state index < -0.39 is 10.1 Å². The molecular weight excluding hydrogens is 392 g/mol. The molecule has 29 heavy (non-hydrogen) atoms. The van der Waals surface area contributed by atoms with Crippen molar-refractivity contribution in [3.8, 4) is 0 Å². The molecule has 8 heteroatoms. The molecule has 2 aromatic carbocycles. The third-order valence-electron chi connectivity index (χ3n) is 4.56. The Morgan fingerprint density at radius 2 is 1.76 bits per heavy atom. The molecule has 0 saturated carbocycles. The van der Waals surface area contributed by atoms with Crippen molar-refractivity contribution in [3.05, 3.63) is 66.4 Å². The molecule has 0 saturated heterocycles. The van der Waals surface area contributed by atoms with E-state index in [1.54, 1.807) is 0 Å². The topological polar surface area (TPSA) is 97.4 Å². The van der Waals surface area contributed by atoms with Crippen molar-refractivity contribution in [2.45, 2.75) is 25.8 Å². The average molecular weight is 413 g/mol. The highest BCUT2D eigenvalue weighted by Crippen LogP contribution is 2.17. The first kappa shape index (κ1) is 19.4. The second-order valence-corrected chi connectivity index (χ2v) is 8.31. The van der Waals surface area contributed by atoms with Gasteiger partial charge in [0, 0.05) is 25.0 Å². The zero-order valence-corrected chi connectivity index (χ0v) is 16.5. The summed E-state index contributed by atoms with van der Waals surface area (Å²) in [5.74, 6) is 1.04. The maximum Gasteiger partial charge on any atom is 0.373 e. The molecule has 0 aliphatic heterocycles. The Bertz CT molecular complexity index is 1240. The number of aromatic nitrogens is 2. The van der Waals surface area contributed by atoms with Crippen LogP contribution in [-0.2, 0) is 23.1 Å². The van der Waals surface area contributed by atoms with E-state index in [1.807, 2.05) is 65.3 Å². The van der Waals surface area contributed by atoms with E-state index in [0.717, 1.165) is 22.2 Å². The van der Waals surface area contributed by atoms with Crippen LogP contribution in [0.25, 0.3) is 28.3 Å². The van der Waals surface area contributed by atoms with Gasteiger partial charge in [0.25, 0.3) is 15.6 Å². The predicted octanol–water partition coefficient (Wildman–Crippen LogP) is 3.79. The van der Waals surface area contributed by atoms with Crippen LogP contribution < -0.4 is 4.57 Å². The van der Waals surface area contributed by atoms with Gasteiger partial charge in [-0.15, -0.1) is 0 Å². The minimum absolute atomic E-state index is 0.244. The molecule has 0 amide bonds. The molecule has 4 rings (SSSR count). The monoisotopic (exact) mass is 413 g/mol. The van der Waals surface area contributed by atoms with Gasteiger partial charge in [-0.1, -0.05) is 30.3 Å². The molecule has 7 nitrogen and oxygen atoms in total. The van der Waals surface area contributed by atoms with Crippen molar-refractivity contribution in [1.29, 1.82) is 0 Å². The predicted molar refractivity (Wildman–Crippen MR) is 109 cm³/mol. The largest absolute Gasteiger partial charge is 0.440 e. The summed E-state index contributed by atoms with van der Waals surface area (Å²) in [7, 11) is -3.94. The zero-order valence-electron chi connectivity index (χ0n) is 15.7. The summed E-state index contributed by atoms with van der Waals surface area (Å²) in [5.41, 5.74) is 3.27. The molecule has 150 valence electrons. The molecule has 0 aliphatic rings. The third kappa shape index (κ3) is 4.72. The van der Waals surface area contributed by atoms with Gasteiger partial charge >= 0.3 is 5.89 Å². The molecule has 2 heterocycles. The van der Waals surface area contributed by atoms with E-state index in [1.165, 1.54) is 0 Å². The first-order valence-electron chi connectivity index (χ1n) is 9.37. The average Bonchev–Trinajstić information content (AvgIpc) is 3.25. The van der Waals surface area contributed by atoms with Crippen LogP contribution in [0.15, 0.2) is 63.4 Å². The minimum atomic E-state index is -3.94. The summed E-state index contributed by atoms with van der Waals surface area (Å²) < 4.78 is 44.4. The lowest BCUT2D eigenvalue weighted by Crippen LogP contribution is -2.35. The third-order valence-corrected chi connectivity index (χ3v) is 5.37. The number of nitrogens with zero attached hydrogens (tertiary/aromatic N) is 2. The van der Waals surface area contributed by atoms with Crippen LogP contribution >= 0.6 is 0 Å². The quantitative estimate of drug-likeness (QED) is 0.268. The number of hydrogen-bond donors (Lipinski definition) is 1. The standard InChI is InChI=1S/C21H20N2O5S/c24-29(25,26)15-6-5-14-23-17-9-2-4-11-19(17)28-21(23)13-7-12-20-22-16-8-1-3-10-18(16)27-20/h1-4,7-11,13H,5-6,12,14-15H2/p+1. The van der Waals surface area contributed by atoms with Crippen molar-refractivity contribution in [3.63, 3.8) is 0 Å². The van der Waals surface area contributed by atoms with Gasteiger partial charge in [0.05, 0.1) is 5.75 Å². The van der Waals surface area contributed by atoms with E-state index in [-0.39, 0.29) is 5.75 Å². The maximum atomic E-state index is 10.9. The van der Waals surface area contributed by atoms with Crippen molar-refractivity contribution in [1.82, 2.24) is 4.98 Å². The van der Waals surface area contributed by atoms with Gasteiger partial charge in [-0.05, 0) is 24.6 Å².